The van der Waals surface area contributed by atoms with Gasteiger partial charge in [-0.3, -0.25) is 0 Å². The van der Waals surface area contributed by atoms with Gasteiger partial charge in [-0.25, -0.2) is 9.59 Å². The van der Waals surface area contributed by atoms with Gasteiger partial charge in [0.2, 0.25) is 0 Å². The van der Waals surface area contributed by atoms with Crippen molar-refractivity contribution in [3.63, 3.8) is 0 Å². The highest BCUT2D eigenvalue weighted by molar-refractivity contribution is 5.92. The molecule has 0 saturated carbocycles. The maximum absolute atomic E-state index is 11.7. The third-order valence-corrected chi connectivity index (χ3v) is 3.49. The van der Waals surface area contributed by atoms with Crippen LogP contribution in [0.5, 0.6) is 11.5 Å². The Morgan fingerprint density at radius 1 is 1.12 bits per heavy atom. The fourth-order valence-corrected chi connectivity index (χ4v) is 2.28. The lowest BCUT2D eigenvalue weighted by Crippen LogP contribution is -2.12. The number of hydrogen-bond donors (Lipinski definition) is 1. The number of aromatic carboxylic acids is 1. The van der Waals surface area contributed by atoms with E-state index in [1.807, 2.05) is 30.3 Å². The Bertz CT molecular complexity index is 943. The Kier molecular flexibility index (Phi) is 4.20. The van der Waals surface area contributed by atoms with Gasteiger partial charge in [0.15, 0.2) is 11.5 Å². The van der Waals surface area contributed by atoms with Crippen LogP contribution in [0.15, 0.2) is 57.7 Å². The Morgan fingerprint density at radius 2 is 1.88 bits per heavy atom. The molecule has 0 bridgehead atoms. The smallest absolute Gasteiger partial charge is 0.351 e. The summed E-state index contributed by atoms with van der Waals surface area (Å²) in [6.45, 7) is 0.320. The number of rotatable bonds is 5. The van der Waals surface area contributed by atoms with Gasteiger partial charge in [-0.2, -0.15) is 0 Å². The summed E-state index contributed by atoms with van der Waals surface area (Å²) in [5.74, 6) is -0.516. The van der Waals surface area contributed by atoms with E-state index in [0.717, 1.165) is 5.56 Å². The second-order valence-electron chi connectivity index (χ2n) is 5.07. The first-order valence-corrected chi connectivity index (χ1v) is 7.14. The first kappa shape index (κ1) is 15.6. The van der Waals surface area contributed by atoms with E-state index in [0.29, 0.717) is 23.5 Å². The lowest BCUT2D eigenvalue weighted by molar-refractivity contribution is 0.0692. The molecular weight excluding hydrogens is 312 g/mol. The van der Waals surface area contributed by atoms with E-state index in [-0.39, 0.29) is 5.58 Å². The second kappa shape index (κ2) is 6.45. The second-order valence-corrected chi connectivity index (χ2v) is 5.07. The minimum atomic E-state index is -1.34. The molecule has 0 atom stereocenters. The van der Waals surface area contributed by atoms with Crippen molar-refractivity contribution in [2.24, 2.45) is 0 Å². The molecule has 0 amide bonds. The van der Waals surface area contributed by atoms with Crippen molar-refractivity contribution in [3.8, 4) is 11.5 Å². The van der Waals surface area contributed by atoms with E-state index >= 15 is 0 Å². The number of carboxylic acid groups (broad SMARTS) is 1. The fraction of sp³-hybridized carbons (Fsp3) is 0.111. The van der Waals surface area contributed by atoms with Crippen molar-refractivity contribution < 1.29 is 23.8 Å². The normalized spacial score (nSPS) is 10.5. The average molecular weight is 326 g/mol. The molecule has 1 aromatic heterocycles. The van der Waals surface area contributed by atoms with Crippen molar-refractivity contribution in [3.05, 3.63) is 70.1 Å². The van der Waals surface area contributed by atoms with Crippen molar-refractivity contribution in [2.75, 3.05) is 7.11 Å². The van der Waals surface area contributed by atoms with Crippen LogP contribution in [0.2, 0.25) is 0 Å². The van der Waals surface area contributed by atoms with Crippen molar-refractivity contribution in [1.29, 1.82) is 0 Å². The largest absolute Gasteiger partial charge is 0.493 e. The molecule has 0 fully saturated rings. The van der Waals surface area contributed by atoms with Crippen LogP contribution in [0, 0.1) is 0 Å². The van der Waals surface area contributed by atoms with E-state index in [1.165, 1.54) is 19.2 Å². The van der Waals surface area contributed by atoms with Crippen LogP contribution in [-0.2, 0) is 6.61 Å². The monoisotopic (exact) mass is 326 g/mol. The molecule has 2 aromatic carbocycles. The maximum atomic E-state index is 11.7. The zero-order valence-electron chi connectivity index (χ0n) is 12.8. The third-order valence-electron chi connectivity index (χ3n) is 3.49. The highest BCUT2D eigenvalue weighted by Gasteiger charge is 2.15. The molecule has 0 aliphatic carbocycles. The number of fused-ring (bicyclic) bond motifs is 1. The van der Waals surface area contributed by atoms with E-state index in [4.69, 9.17) is 19.0 Å². The fourth-order valence-electron chi connectivity index (χ4n) is 2.28. The van der Waals surface area contributed by atoms with Crippen LogP contribution < -0.4 is 15.1 Å². The first-order valence-electron chi connectivity index (χ1n) is 7.14. The van der Waals surface area contributed by atoms with E-state index in [2.05, 4.69) is 0 Å². The van der Waals surface area contributed by atoms with E-state index < -0.39 is 17.2 Å². The van der Waals surface area contributed by atoms with Gasteiger partial charge in [0, 0.05) is 11.5 Å². The van der Waals surface area contributed by atoms with Gasteiger partial charge >= 0.3 is 11.6 Å². The number of ether oxygens (including phenoxy) is 2. The molecular formula is C18H14O6. The number of hydrogen-bond acceptors (Lipinski definition) is 5. The Morgan fingerprint density at radius 3 is 2.54 bits per heavy atom. The predicted molar refractivity (Wildman–Crippen MR) is 86.8 cm³/mol. The van der Waals surface area contributed by atoms with Crippen molar-refractivity contribution in [2.45, 2.75) is 6.61 Å². The van der Waals surface area contributed by atoms with Gasteiger partial charge < -0.3 is 19.0 Å². The van der Waals surface area contributed by atoms with Crippen LogP contribution in [0.1, 0.15) is 15.9 Å². The molecule has 3 rings (SSSR count). The van der Waals surface area contributed by atoms with Gasteiger partial charge in [-0.15, -0.1) is 0 Å². The molecule has 0 aliphatic rings. The number of carbonyl (C=O) groups is 1. The number of methoxy groups -OCH3 is 1. The Hall–Kier alpha value is -3.28. The molecule has 1 heterocycles. The summed E-state index contributed by atoms with van der Waals surface area (Å²) < 4.78 is 16.1. The molecule has 0 aliphatic heterocycles. The first-order chi connectivity index (χ1) is 11.6. The molecule has 0 saturated heterocycles. The maximum Gasteiger partial charge on any atom is 0.351 e. The average Bonchev–Trinajstić information content (AvgIpc) is 2.59. The molecule has 122 valence electrons. The quantitative estimate of drug-likeness (QED) is 0.725. The van der Waals surface area contributed by atoms with Gasteiger partial charge in [-0.05, 0) is 17.7 Å². The van der Waals surface area contributed by atoms with Crippen LogP contribution in [0.25, 0.3) is 11.0 Å². The highest BCUT2D eigenvalue weighted by Crippen LogP contribution is 2.32. The third kappa shape index (κ3) is 3.08. The molecule has 0 spiro atoms. The molecule has 0 radical (unpaired) electrons. The van der Waals surface area contributed by atoms with Crippen molar-refractivity contribution in [1.82, 2.24) is 0 Å². The Labute approximate surface area is 136 Å². The highest BCUT2D eigenvalue weighted by atomic mass is 16.5. The van der Waals surface area contributed by atoms with Crippen LogP contribution in [0.4, 0.5) is 0 Å². The summed E-state index contributed by atoms with van der Waals surface area (Å²) in [7, 11) is 1.48. The van der Waals surface area contributed by atoms with Gasteiger partial charge in [0.1, 0.15) is 17.8 Å². The summed E-state index contributed by atoms with van der Waals surface area (Å²) in [5.41, 5.74) is -0.132. The van der Waals surface area contributed by atoms with Gasteiger partial charge in [0.25, 0.3) is 0 Å². The number of benzene rings is 2. The standard InChI is InChI=1S/C18H14O6/c1-22-15-8-12-7-13(17(19)20)18(21)24-14(12)9-16(15)23-10-11-5-3-2-4-6-11/h2-9H,10H2,1H3,(H,19,20). The lowest BCUT2D eigenvalue weighted by atomic mass is 10.1. The molecule has 0 unspecified atom stereocenters. The zero-order valence-corrected chi connectivity index (χ0v) is 12.8. The summed E-state index contributed by atoms with van der Waals surface area (Å²) in [5, 5.41) is 9.44. The minimum absolute atomic E-state index is 0.230. The summed E-state index contributed by atoms with van der Waals surface area (Å²) in [4.78, 5) is 22.7. The minimum Gasteiger partial charge on any atom is -0.493 e. The van der Waals surface area contributed by atoms with Gasteiger partial charge in [0.05, 0.1) is 7.11 Å². The Balaban J connectivity index is 2.00. The van der Waals surface area contributed by atoms with E-state index in [1.54, 1.807) is 6.07 Å². The van der Waals surface area contributed by atoms with Crippen LogP contribution >= 0.6 is 0 Å². The van der Waals surface area contributed by atoms with Gasteiger partial charge in [-0.1, -0.05) is 30.3 Å². The number of carboxylic acids is 1. The molecule has 1 N–H and O–H groups in total. The summed E-state index contributed by atoms with van der Waals surface area (Å²) in [6, 6.07) is 13.9. The van der Waals surface area contributed by atoms with Crippen LogP contribution in [0.3, 0.4) is 0 Å². The lowest BCUT2D eigenvalue weighted by Gasteiger charge is -2.12. The summed E-state index contributed by atoms with van der Waals surface area (Å²) in [6.07, 6.45) is 0. The van der Waals surface area contributed by atoms with E-state index in [9.17, 15) is 9.59 Å². The zero-order chi connectivity index (χ0) is 17.1. The molecule has 3 aromatic rings. The molecule has 6 nitrogen and oxygen atoms in total. The molecule has 24 heavy (non-hydrogen) atoms. The molecule has 6 heteroatoms. The SMILES string of the molecule is COc1cc2cc(C(=O)O)c(=O)oc2cc1OCc1ccccc1. The summed E-state index contributed by atoms with van der Waals surface area (Å²) >= 11 is 0. The van der Waals surface area contributed by atoms with Crippen molar-refractivity contribution >= 4 is 16.9 Å². The predicted octanol–water partition coefficient (Wildman–Crippen LogP) is 3.08. The van der Waals surface area contributed by atoms with Crippen LogP contribution in [-0.4, -0.2) is 18.2 Å². The topological polar surface area (TPSA) is 86.0 Å².